The largest absolute Gasteiger partial charge is 0.495 e. The molecule has 134 valence electrons. The van der Waals surface area contributed by atoms with E-state index in [0.29, 0.717) is 11.3 Å². The van der Waals surface area contributed by atoms with E-state index in [9.17, 15) is 13.2 Å². The van der Waals surface area contributed by atoms with Gasteiger partial charge in [-0.1, -0.05) is 0 Å². The number of sulfonamides is 1. The van der Waals surface area contributed by atoms with E-state index in [-0.39, 0.29) is 16.6 Å². The van der Waals surface area contributed by atoms with Gasteiger partial charge in [-0.05, 0) is 48.7 Å². The number of anilines is 1. The molecule has 0 aliphatic heterocycles. The first-order valence-corrected chi connectivity index (χ1v) is 10.0. The van der Waals surface area contributed by atoms with E-state index in [1.165, 1.54) is 33.3 Å². The minimum Gasteiger partial charge on any atom is -0.495 e. The van der Waals surface area contributed by atoms with E-state index >= 15 is 0 Å². The van der Waals surface area contributed by atoms with Crippen molar-refractivity contribution in [1.29, 1.82) is 0 Å². The number of rotatable bonds is 6. The summed E-state index contributed by atoms with van der Waals surface area (Å²) in [4.78, 5) is 13.4. The fourth-order valence-corrected chi connectivity index (χ4v) is 3.58. The topological polar surface area (TPSA) is 75.7 Å². The molecule has 0 aromatic heterocycles. The SMILES string of the molecule is COc1ccc(NC(=O)c2ccc(SC)cc2)cc1S(=O)(=O)N(C)C. The van der Waals surface area contributed by atoms with Crippen LogP contribution in [0.4, 0.5) is 5.69 Å². The molecule has 0 aliphatic rings. The van der Waals surface area contributed by atoms with Crippen LogP contribution in [0.25, 0.3) is 0 Å². The third-order valence-electron chi connectivity index (χ3n) is 3.53. The van der Waals surface area contributed by atoms with Gasteiger partial charge in [0, 0.05) is 30.2 Å². The second-order valence-corrected chi connectivity index (χ2v) is 8.34. The highest BCUT2D eigenvalue weighted by molar-refractivity contribution is 7.98. The molecule has 0 aliphatic carbocycles. The minimum atomic E-state index is -3.70. The maximum atomic E-state index is 12.4. The molecule has 1 N–H and O–H groups in total. The Morgan fingerprint density at radius 3 is 2.28 bits per heavy atom. The fraction of sp³-hybridized carbons (Fsp3) is 0.235. The lowest BCUT2D eigenvalue weighted by Crippen LogP contribution is -2.23. The Morgan fingerprint density at radius 2 is 1.76 bits per heavy atom. The Hall–Kier alpha value is -2.03. The van der Waals surface area contributed by atoms with E-state index in [1.54, 1.807) is 30.0 Å². The molecule has 0 saturated heterocycles. The average molecular weight is 380 g/mol. The summed E-state index contributed by atoms with van der Waals surface area (Å²) < 4.78 is 31.1. The Bertz CT molecular complexity index is 863. The molecule has 0 fully saturated rings. The lowest BCUT2D eigenvalue weighted by atomic mass is 10.2. The zero-order valence-electron chi connectivity index (χ0n) is 14.4. The van der Waals surface area contributed by atoms with Crippen molar-refractivity contribution in [1.82, 2.24) is 4.31 Å². The van der Waals surface area contributed by atoms with Crippen molar-refractivity contribution < 1.29 is 17.9 Å². The third kappa shape index (κ3) is 4.33. The van der Waals surface area contributed by atoms with Crippen molar-refractivity contribution in [2.24, 2.45) is 0 Å². The smallest absolute Gasteiger partial charge is 0.255 e. The Kier molecular flexibility index (Phi) is 6.10. The lowest BCUT2D eigenvalue weighted by Gasteiger charge is -2.16. The Balaban J connectivity index is 2.32. The molecular weight excluding hydrogens is 360 g/mol. The molecule has 0 radical (unpaired) electrons. The quantitative estimate of drug-likeness (QED) is 0.780. The van der Waals surface area contributed by atoms with Gasteiger partial charge >= 0.3 is 0 Å². The number of hydrogen-bond acceptors (Lipinski definition) is 5. The Labute approximate surface area is 152 Å². The van der Waals surface area contributed by atoms with E-state index in [1.807, 2.05) is 18.4 Å². The van der Waals surface area contributed by atoms with Crippen molar-refractivity contribution in [3.63, 3.8) is 0 Å². The molecule has 0 spiro atoms. The number of carbonyl (C=O) groups excluding carboxylic acids is 1. The molecule has 0 atom stereocenters. The van der Waals surface area contributed by atoms with Crippen LogP contribution in [-0.2, 0) is 10.0 Å². The van der Waals surface area contributed by atoms with Crippen molar-refractivity contribution in [2.75, 3.05) is 32.8 Å². The summed E-state index contributed by atoms with van der Waals surface area (Å²) >= 11 is 1.59. The maximum absolute atomic E-state index is 12.4. The predicted octanol–water partition coefficient (Wildman–Crippen LogP) is 2.92. The van der Waals surface area contributed by atoms with Crippen molar-refractivity contribution in [2.45, 2.75) is 9.79 Å². The minimum absolute atomic E-state index is 0.00414. The van der Waals surface area contributed by atoms with Crippen molar-refractivity contribution >= 4 is 33.4 Å². The van der Waals surface area contributed by atoms with E-state index in [4.69, 9.17) is 4.74 Å². The van der Waals surface area contributed by atoms with Crippen LogP contribution in [-0.4, -0.2) is 46.1 Å². The van der Waals surface area contributed by atoms with Crippen LogP contribution in [0.2, 0.25) is 0 Å². The van der Waals surface area contributed by atoms with Gasteiger partial charge in [0.1, 0.15) is 10.6 Å². The third-order valence-corrected chi connectivity index (χ3v) is 6.11. The van der Waals surface area contributed by atoms with Gasteiger partial charge in [0.15, 0.2) is 0 Å². The van der Waals surface area contributed by atoms with Gasteiger partial charge in [0.25, 0.3) is 5.91 Å². The zero-order chi connectivity index (χ0) is 18.6. The molecule has 0 heterocycles. The van der Waals surface area contributed by atoms with Gasteiger partial charge < -0.3 is 10.1 Å². The molecule has 2 aromatic carbocycles. The molecule has 0 saturated carbocycles. The first-order chi connectivity index (χ1) is 11.8. The lowest BCUT2D eigenvalue weighted by molar-refractivity contribution is 0.102. The van der Waals surface area contributed by atoms with Crippen LogP contribution in [0, 0.1) is 0 Å². The maximum Gasteiger partial charge on any atom is 0.255 e. The van der Waals surface area contributed by atoms with Gasteiger partial charge in [0.05, 0.1) is 7.11 Å². The van der Waals surface area contributed by atoms with Crippen LogP contribution >= 0.6 is 11.8 Å². The molecule has 6 nitrogen and oxygen atoms in total. The molecule has 2 aromatic rings. The Morgan fingerprint density at radius 1 is 1.12 bits per heavy atom. The highest BCUT2D eigenvalue weighted by atomic mass is 32.2. The van der Waals surface area contributed by atoms with Crippen molar-refractivity contribution in [3.8, 4) is 5.75 Å². The number of hydrogen-bond donors (Lipinski definition) is 1. The fourth-order valence-electron chi connectivity index (χ4n) is 2.10. The van der Waals surface area contributed by atoms with Gasteiger partial charge in [-0.2, -0.15) is 0 Å². The van der Waals surface area contributed by atoms with Crippen LogP contribution in [0.3, 0.4) is 0 Å². The molecular formula is C17H20N2O4S2. The number of benzene rings is 2. The number of thioether (sulfide) groups is 1. The van der Waals surface area contributed by atoms with Crippen LogP contribution < -0.4 is 10.1 Å². The molecule has 2 rings (SSSR count). The number of amides is 1. The average Bonchev–Trinajstić information content (AvgIpc) is 2.61. The number of methoxy groups -OCH3 is 1. The van der Waals surface area contributed by atoms with Gasteiger partial charge in [-0.15, -0.1) is 11.8 Å². The highest BCUT2D eigenvalue weighted by Crippen LogP contribution is 2.29. The number of nitrogens with one attached hydrogen (secondary N) is 1. The summed E-state index contributed by atoms with van der Waals surface area (Å²) in [5, 5.41) is 2.71. The predicted molar refractivity (Wildman–Crippen MR) is 100 cm³/mol. The molecule has 8 heteroatoms. The van der Waals surface area contributed by atoms with Crippen LogP contribution in [0.15, 0.2) is 52.3 Å². The van der Waals surface area contributed by atoms with Crippen LogP contribution in [0.5, 0.6) is 5.75 Å². The van der Waals surface area contributed by atoms with Crippen molar-refractivity contribution in [3.05, 3.63) is 48.0 Å². The molecule has 1 amide bonds. The number of nitrogens with zero attached hydrogens (tertiary/aromatic N) is 1. The van der Waals surface area contributed by atoms with Gasteiger partial charge in [-0.3, -0.25) is 4.79 Å². The summed E-state index contributed by atoms with van der Waals surface area (Å²) in [5.41, 5.74) is 0.866. The summed E-state index contributed by atoms with van der Waals surface area (Å²) in [6.07, 6.45) is 1.96. The molecule has 0 bridgehead atoms. The zero-order valence-corrected chi connectivity index (χ0v) is 16.1. The van der Waals surface area contributed by atoms with Gasteiger partial charge in [-0.25, -0.2) is 12.7 Å². The van der Waals surface area contributed by atoms with Crippen LogP contribution in [0.1, 0.15) is 10.4 Å². The van der Waals surface area contributed by atoms with Gasteiger partial charge in [0.2, 0.25) is 10.0 Å². The van der Waals surface area contributed by atoms with E-state index in [0.717, 1.165) is 9.20 Å². The second-order valence-electron chi connectivity index (χ2n) is 5.34. The summed E-state index contributed by atoms with van der Waals surface area (Å²) in [6.45, 7) is 0. The van der Waals surface area contributed by atoms with E-state index < -0.39 is 10.0 Å². The molecule has 25 heavy (non-hydrogen) atoms. The first kappa shape index (κ1) is 19.3. The van der Waals surface area contributed by atoms with E-state index in [2.05, 4.69) is 5.32 Å². The molecule has 0 unspecified atom stereocenters. The normalized spacial score (nSPS) is 11.4. The second kappa shape index (κ2) is 7.90. The highest BCUT2D eigenvalue weighted by Gasteiger charge is 2.23. The summed E-state index contributed by atoms with van der Waals surface area (Å²) in [6, 6.07) is 11.7. The first-order valence-electron chi connectivity index (χ1n) is 7.35. The summed E-state index contributed by atoms with van der Waals surface area (Å²) in [7, 11) is 0.577. The monoisotopic (exact) mass is 380 g/mol. The summed E-state index contributed by atoms with van der Waals surface area (Å²) in [5.74, 6) is -0.0953. The number of ether oxygens (including phenoxy) is 1. The standard InChI is InChI=1S/C17H20N2O4S2/c1-19(2)25(21,22)16-11-13(7-10-15(16)23-3)18-17(20)12-5-8-14(24-4)9-6-12/h5-11H,1-4H3,(H,18,20). The number of carbonyl (C=O) groups is 1.